The summed E-state index contributed by atoms with van der Waals surface area (Å²) in [5, 5.41) is 10.2. The Bertz CT molecular complexity index is 754. The van der Waals surface area contributed by atoms with Crippen LogP contribution in [0.15, 0.2) is 54.9 Å². The molecule has 0 amide bonds. The summed E-state index contributed by atoms with van der Waals surface area (Å²) in [4.78, 5) is 4.31. The molecule has 0 aliphatic rings. The lowest BCUT2D eigenvalue weighted by atomic mass is 10.3. The van der Waals surface area contributed by atoms with Crippen molar-refractivity contribution in [2.45, 2.75) is 12.6 Å². The van der Waals surface area contributed by atoms with Gasteiger partial charge in [-0.1, -0.05) is 24.3 Å². The third-order valence-electron chi connectivity index (χ3n) is 3.44. The number of ether oxygens (including phenoxy) is 2. The van der Waals surface area contributed by atoms with Gasteiger partial charge in [-0.2, -0.15) is 0 Å². The summed E-state index contributed by atoms with van der Waals surface area (Å²) in [6, 6.07) is 15.2. The van der Waals surface area contributed by atoms with Crippen molar-refractivity contribution in [2.75, 3.05) is 13.7 Å². The van der Waals surface area contributed by atoms with Crippen molar-refractivity contribution in [2.24, 2.45) is 0 Å². The van der Waals surface area contributed by atoms with Gasteiger partial charge in [-0.3, -0.25) is 0 Å². The Morgan fingerprint density at radius 1 is 1.09 bits per heavy atom. The number of aliphatic hydroxyl groups is 1. The van der Waals surface area contributed by atoms with E-state index in [1.807, 2.05) is 53.1 Å². The lowest BCUT2D eigenvalue weighted by molar-refractivity contribution is 0.0919. The molecule has 5 heteroatoms. The van der Waals surface area contributed by atoms with Gasteiger partial charge >= 0.3 is 0 Å². The van der Waals surface area contributed by atoms with Crippen molar-refractivity contribution in [1.82, 2.24) is 9.55 Å². The van der Waals surface area contributed by atoms with E-state index in [0.29, 0.717) is 18.0 Å². The summed E-state index contributed by atoms with van der Waals surface area (Å²) in [7, 11) is 1.59. The molecule has 0 bridgehead atoms. The van der Waals surface area contributed by atoms with Crippen LogP contribution in [-0.2, 0) is 6.54 Å². The molecular weight excluding hydrogens is 280 g/mol. The van der Waals surface area contributed by atoms with Crippen molar-refractivity contribution in [1.29, 1.82) is 0 Å². The first-order valence-electron chi connectivity index (χ1n) is 7.11. The van der Waals surface area contributed by atoms with Gasteiger partial charge in [0.15, 0.2) is 11.5 Å². The molecule has 1 N–H and O–H groups in total. The first-order chi connectivity index (χ1) is 10.8. The Kier molecular flexibility index (Phi) is 4.25. The fourth-order valence-corrected chi connectivity index (χ4v) is 2.36. The summed E-state index contributed by atoms with van der Waals surface area (Å²) < 4.78 is 12.8. The van der Waals surface area contributed by atoms with Gasteiger partial charge in [0.2, 0.25) is 0 Å². The van der Waals surface area contributed by atoms with Crippen LogP contribution in [0.3, 0.4) is 0 Å². The highest BCUT2D eigenvalue weighted by molar-refractivity contribution is 5.74. The van der Waals surface area contributed by atoms with E-state index in [0.717, 1.165) is 11.0 Å². The maximum Gasteiger partial charge on any atom is 0.161 e. The Labute approximate surface area is 128 Å². The molecule has 0 spiro atoms. The van der Waals surface area contributed by atoms with E-state index in [9.17, 15) is 5.11 Å². The predicted octanol–water partition coefficient (Wildman–Crippen LogP) is 2.48. The smallest absolute Gasteiger partial charge is 0.161 e. The first-order valence-corrected chi connectivity index (χ1v) is 7.11. The molecule has 1 unspecified atom stereocenters. The van der Waals surface area contributed by atoms with E-state index >= 15 is 0 Å². The molecule has 3 aromatic rings. The van der Waals surface area contributed by atoms with Gasteiger partial charge in [0.25, 0.3) is 0 Å². The molecule has 0 saturated carbocycles. The number of nitrogens with zero attached hydrogens (tertiary/aromatic N) is 2. The van der Waals surface area contributed by atoms with Gasteiger partial charge in [-0.05, 0) is 24.3 Å². The average Bonchev–Trinajstić information content (AvgIpc) is 2.96. The predicted molar refractivity (Wildman–Crippen MR) is 84.2 cm³/mol. The molecule has 1 aromatic heterocycles. The lowest BCUT2D eigenvalue weighted by Gasteiger charge is -2.15. The van der Waals surface area contributed by atoms with Gasteiger partial charge < -0.3 is 19.1 Å². The third kappa shape index (κ3) is 3.04. The SMILES string of the molecule is COc1ccccc1OCC(O)Cn1cnc2ccccc21. The Hall–Kier alpha value is -2.53. The zero-order valence-electron chi connectivity index (χ0n) is 12.3. The number of fused-ring (bicyclic) bond motifs is 1. The van der Waals surface area contributed by atoms with E-state index in [1.54, 1.807) is 13.4 Å². The second kappa shape index (κ2) is 6.49. The first kappa shape index (κ1) is 14.4. The van der Waals surface area contributed by atoms with E-state index < -0.39 is 6.10 Å². The largest absolute Gasteiger partial charge is 0.493 e. The van der Waals surface area contributed by atoms with E-state index in [-0.39, 0.29) is 6.61 Å². The maximum atomic E-state index is 10.2. The fourth-order valence-electron chi connectivity index (χ4n) is 2.36. The normalized spacial score (nSPS) is 12.3. The summed E-state index contributed by atoms with van der Waals surface area (Å²) in [5.41, 5.74) is 1.92. The summed E-state index contributed by atoms with van der Waals surface area (Å²) in [6.45, 7) is 0.614. The van der Waals surface area contributed by atoms with E-state index in [2.05, 4.69) is 4.98 Å². The van der Waals surface area contributed by atoms with Crippen molar-refractivity contribution >= 4 is 11.0 Å². The van der Waals surface area contributed by atoms with Crippen LogP contribution in [0.1, 0.15) is 0 Å². The standard InChI is InChI=1S/C17H18N2O3/c1-21-16-8-4-5-9-17(16)22-11-13(20)10-19-12-18-14-6-2-3-7-15(14)19/h2-9,12-13,20H,10-11H2,1H3. The van der Waals surface area contributed by atoms with Crippen LogP contribution in [0.5, 0.6) is 11.5 Å². The minimum Gasteiger partial charge on any atom is -0.493 e. The van der Waals surface area contributed by atoms with E-state index in [4.69, 9.17) is 9.47 Å². The molecule has 0 aliphatic heterocycles. The van der Waals surface area contributed by atoms with Crippen molar-refractivity contribution in [3.05, 3.63) is 54.9 Å². The second-order valence-corrected chi connectivity index (χ2v) is 5.00. The molecule has 0 radical (unpaired) electrons. The number of aliphatic hydroxyl groups excluding tert-OH is 1. The third-order valence-corrected chi connectivity index (χ3v) is 3.44. The van der Waals surface area contributed by atoms with Crippen molar-refractivity contribution < 1.29 is 14.6 Å². The average molecular weight is 298 g/mol. The molecule has 1 atom stereocenters. The van der Waals surface area contributed by atoms with Gasteiger partial charge in [0, 0.05) is 0 Å². The number of hydrogen-bond donors (Lipinski definition) is 1. The number of hydrogen-bond acceptors (Lipinski definition) is 4. The Morgan fingerprint density at radius 2 is 1.82 bits per heavy atom. The Morgan fingerprint density at radius 3 is 2.64 bits per heavy atom. The second-order valence-electron chi connectivity index (χ2n) is 5.00. The molecular formula is C17H18N2O3. The number of rotatable bonds is 6. The van der Waals surface area contributed by atoms with Crippen LogP contribution in [0.25, 0.3) is 11.0 Å². The molecule has 5 nitrogen and oxygen atoms in total. The van der Waals surface area contributed by atoms with Crippen LogP contribution in [0, 0.1) is 0 Å². The number of para-hydroxylation sites is 4. The molecule has 3 rings (SSSR count). The summed E-state index contributed by atoms with van der Waals surface area (Å²) in [6.07, 6.45) is 1.10. The Balaban J connectivity index is 1.64. The van der Waals surface area contributed by atoms with Gasteiger partial charge in [0.05, 0.1) is 31.0 Å². The summed E-state index contributed by atoms with van der Waals surface area (Å²) >= 11 is 0. The fraction of sp³-hybridized carbons (Fsp3) is 0.235. The number of methoxy groups -OCH3 is 1. The molecule has 0 saturated heterocycles. The molecule has 2 aromatic carbocycles. The molecule has 0 aliphatic carbocycles. The summed E-state index contributed by atoms with van der Waals surface area (Å²) in [5.74, 6) is 1.28. The van der Waals surface area contributed by atoms with Crippen molar-refractivity contribution in [3.63, 3.8) is 0 Å². The van der Waals surface area contributed by atoms with Gasteiger partial charge in [0.1, 0.15) is 12.7 Å². The van der Waals surface area contributed by atoms with Crippen LogP contribution in [0.2, 0.25) is 0 Å². The minimum atomic E-state index is -0.637. The number of imidazole rings is 1. The van der Waals surface area contributed by atoms with Crippen LogP contribution >= 0.6 is 0 Å². The molecule has 114 valence electrons. The zero-order chi connectivity index (χ0) is 15.4. The van der Waals surface area contributed by atoms with Crippen LogP contribution < -0.4 is 9.47 Å². The van der Waals surface area contributed by atoms with E-state index in [1.165, 1.54) is 0 Å². The number of aromatic nitrogens is 2. The number of benzene rings is 2. The molecule has 0 fully saturated rings. The van der Waals surface area contributed by atoms with Crippen LogP contribution in [-0.4, -0.2) is 34.5 Å². The topological polar surface area (TPSA) is 56.5 Å². The maximum absolute atomic E-state index is 10.2. The van der Waals surface area contributed by atoms with Crippen LogP contribution in [0.4, 0.5) is 0 Å². The highest BCUT2D eigenvalue weighted by Crippen LogP contribution is 2.25. The highest BCUT2D eigenvalue weighted by atomic mass is 16.5. The molecule has 22 heavy (non-hydrogen) atoms. The molecule has 1 heterocycles. The minimum absolute atomic E-state index is 0.187. The monoisotopic (exact) mass is 298 g/mol. The highest BCUT2D eigenvalue weighted by Gasteiger charge is 2.11. The lowest BCUT2D eigenvalue weighted by Crippen LogP contribution is -2.23. The zero-order valence-corrected chi connectivity index (χ0v) is 12.3. The van der Waals surface area contributed by atoms with Gasteiger partial charge in [-0.15, -0.1) is 0 Å². The van der Waals surface area contributed by atoms with Gasteiger partial charge in [-0.25, -0.2) is 4.98 Å². The quantitative estimate of drug-likeness (QED) is 0.759. The van der Waals surface area contributed by atoms with Crippen molar-refractivity contribution in [3.8, 4) is 11.5 Å².